The van der Waals surface area contributed by atoms with E-state index in [4.69, 9.17) is 14.2 Å². The van der Waals surface area contributed by atoms with Crippen molar-refractivity contribution < 1.29 is 23.8 Å². The van der Waals surface area contributed by atoms with Crippen LogP contribution in [0.4, 0.5) is 9.59 Å². The smallest absolute Gasteiger partial charge is 0.444 e. The maximum atomic E-state index is 12.0. The van der Waals surface area contributed by atoms with Crippen LogP contribution in [0.3, 0.4) is 0 Å². The van der Waals surface area contributed by atoms with Crippen LogP contribution in [0.1, 0.15) is 33.6 Å². The summed E-state index contributed by atoms with van der Waals surface area (Å²) in [7, 11) is 0. The summed E-state index contributed by atoms with van der Waals surface area (Å²) in [5.41, 5.74) is -1.20. The first-order valence-electron chi connectivity index (χ1n) is 6.13. The molecule has 0 saturated carbocycles. The summed E-state index contributed by atoms with van der Waals surface area (Å²) in [6.07, 6.45) is 0.471. The van der Waals surface area contributed by atoms with Crippen molar-refractivity contribution in [1.29, 1.82) is 0 Å². The van der Waals surface area contributed by atoms with Gasteiger partial charge in [0.15, 0.2) is 5.60 Å². The van der Waals surface area contributed by atoms with Gasteiger partial charge in [-0.2, -0.15) is 0 Å². The lowest BCUT2D eigenvalue weighted by Gasteiger charge is -2.37. The Labute approximate surface area is 106 Å². The van der Waals surface area contributed by atoms with Crippen LogP contribution in [0.5, 0.6) is 0 Å². The fourth-order valence-corrected chi connectivity index (χ4v) is 2.21. The van der Waals surface area contributed by atoms with Crippen LogP contribution in [0.15, 0.2) is 0 Å². The maximum absolute atomic E-state index is 12.0. The molecule has 0 radical (unpaired) electrons. The Morgan fingerprint density at radius 2 is 2.17 bits per heavy atom. The van der Waals surface area contributed by atoms with Gasteiger partial charge >= 0.3 is 12.2 Å². The van der Waals surface area contributed by atoms with Crippen molar-refractivity contribution >= 4 is 12.2 Å². The summed E-state index contributed by atoms with van der Waals surface area (Å²) in [5, 5.41) is 0. The summed E-state index contributed by atoms with van der Waals surface area (Å²) in [4.78, 5) is 24.6. The van der Waals surface area contributed by atoms with Gasteiger partial charge in [0.2, 0.25) is 0 Å². The van der Waals surface area contributed by atoms with Gasteiger partial charge in [0.25, 0.3) is 0 Å². The van der Waals surface area contributed by atoms with Gasteiger partial charge in [0.1, 0.15) is 12.2 Å². The van der Waals surface area contributed by atoms with Crippen molar-refractivity contribution in [2.75, 3.05) is 19.7 Å². The normalized spacial score (nSPS) is 27.9. The first-order valence-corrected chi connectivity index (χ1v) is 6.13. The van der Waals surface area contributed by atoms with E-state index in [1.54, 1.807) is 4.90 Å². The van der Waals surface area contributed by atoms with Gasteiger partial charge in [-0.25, -0.2) is 9.59 Å². The lowest BCUT2D eigenvalue weighted by molar-refractivity contribution is -0.0283. The van der Waals surface area contributed by atoms with E-state index in [2.05, 4.69) is 0 Å². The molecule has 2 aliphatic rings. The van der Waals surface area contributed by atoms with Gasteiger partial charge in [-0.3, -0.25) is 0 Å². The minimum Gasteiger partial charge on any atom is -0.444 e. The van der Waals surface area contributed by atoms with E-state index in [-0.39, 0.29) is 12.7 Å². The molecule has 2 fully saturated rings. The number of amides is 1. The molecule has 1 unspecified atom stereocenters. The van der Waals surface area contributed by atoms with Crippen LogP contribution in [-0.2, 0) is 14.2 Å². The molecule has 1 spiro atoms. The number of ether oxygens (including phenoxy) is 3. The summed E-state index contributed by atoms with van der Waals surface area (Å²) in [5.74, 6) is 0. The molecule has 0 aromatic heterocycles. The van der Waals surface area contributed by atoms with Crippen molar-refractivity contribution in [1.82, 2.24) is 4.90 Å². The second-order valence-electron chi connectivity index (χ2n) is 5.83. The second-order valence-corrected chi connectivity index (χ2v) is 5.83. The topological polar surface area (TPSA) is 65.1 Å². The third kappa shape index (κ3) is 2.86. The van der Waals surface area contributed by atoms with E-state index < -0.39 is 17.4 Å². The highest BCUT2D eigenvalue weighted by Crippen LogP contribution is 2.31. The molecule has 2 heterocycles. The molecule has 6 nitrogen and oxygen atoms in total. The number of piperidine rings is 1. The summed E-state index contributed by atoms with van der Waals surface area (Å²) in [6.45, 7) is 6.64. The van der Waals surface area contributed by atoms with Crippen molar-refractivity contribution in [3.8, 4) is 0 Å². The molecule has 6 heteroatoms. The third-order valence-electron chi connectivity index (χ3n) is 2.94. The zero-order valence-electron chi connectivity index (χ0n) is 11.0. The Bertz CT molecular complexity index is 362. The Hall–Kier alpha value is -1.46. The lowest BCUT2D eigenvalue weighted by Crippen LogP contribution is -2.52. The molecule has 2 rings (SSSR count). The Morgan fingerprint density at radius 3 is 2.72 bits per heavy atom. The molecule has 2 saturated heterocycles. The molecule has 1 atom stereocenters. The molecule has 2 aliphatic heterocycles. The van der Waals surface area contributed by atoms with Gasteiger partial charge in [-0.1, -0.05) is 0 Å². The first kappa shape index (κ1) is 13.0. The van der Waals surface area contributed by atoms with Crippen molar-refractivity contribution in [3.63, 3.8) is 0 Å². The number of cyclic esters (lactones) is 1. The van der Waals surface area contributed by atoms with Gasteiger partial charge in [-0.15, -0.1) is 0 Å². The molecule has 0 bridgehead atoms. The molecule has 18 heavy (non-hydrogen) atoms. The van der Waals surface area contributed by atoms with Gasteiger partial charge in [0.05, 0.1) is 6.54 Å². The van der Waals surface area contributed by atoms with E-state index in [0.29, 0.717) is 13.1 Å². The Morgan fingerprint density at radius 1 is 1.44 bits per heavy atom. The monoisotopic (exact) mass is 257 g/mol. The largest absolute Gasteiger partial charge is 0.509 e. The highest BCUT2D eigenvalue weighted by atomic mass is 16.8. The average molecular weight is 257 g/mol. The number of hydrogen-bond acceptors (Lipinski definition) is 5. The minimum atomic E-state index is -0.674. The summed E-state index contributed by atoms with van der Waals surface area (Å²) >= 11 is 0. The second kappa shape index (κ2) is 4.33. The Balaban J connectivity index is 1.99. The highest BCUT2D eigenvalue weighted by molar-refractivity contribution is 5.69. The van der Waals surface area contributed by atoms with Crippen molar-refractivity contribution in [2.24, 2.45) is 0 Å². The number of carbonyl (C=O) groups excluding carboxylic acids is 2. The van der Waals surface area contributed by atoms with Crippen LogP contribution in [-0.4, -0.2) is 48.0 Å². The molecule has 0 aliphatic carbocycles. The molecule has 102 valence electrons. The molecule has 1 amide bonds. The maximum Gasteiger partial charge on any atom is 0.509 e. The van der Waals surface area contributed by atoms with Crippen LogP contribution in [0.2, 0.25) is 0 Å². The van der Waals surface area contributed by atoms with Crippen molar-refractivity contribution in [3.05, 3.63) is 0 Å². The van der Waals surface area contributed by atoms with E-state index in [1.165, 1.54) is 0 Å². The Kier molecular flexibility index (Phi) is 3.12. The van der Waals surface area contributed by atoms with Gasteiger partial charge < -0.3 is 19.1 Å². The highest BCUT2D eigenvalue weighted by Gasteiger charge is 2.47. The van der Waals surface area contributed by atoms with E-state index in [1.807, 2.05) is 20.8 Å². The fourth-order valence-electron chi connectivity index (χ4n) is 2.21. The van der Waals surface area contributed by atoms with Crippen LogP contribution >= 0.6 is 0 Å². The standard InChI is InChI=1S/C12H19NO5/c1-11(2,3)17-9(14)13-6-4-5-12(7-13)8-16-10(15)18-12/h4-8H2,1-3H3. The number of hydrogen-bond donors (Lipinski definition) is 0. The minimum absolute atomic E-state index is 0.213. The summed E-state index contributed by atoms with van der Waals surface area (Å²) in [6, 6.07) is 0. The number of likely N-dealkylation sites (tertiary alicyclic amines) is 1. The molecule has 0 aromatic rings. The quantitative estimate of drug-likeness (QED) is 0.620. The first-order chi connectivity index (χ1) is 8.30. The van der Waals surface area contributed by atoms with Crippen LogP contribution in [0.25, 0.3) is 0 Å². The van der Waals surface area contributed by atoms with E-state index in [9.17, 15) is 9.59 Å². The zero-order chi connectivity index (χ0) is 13.4. The third-order valence-corrected chi connectivity index (χ3v) is 2.94. The van der Waals surface area contributed by atoms with E-state index in [0.717, 1.165) is 12.8 Å². The fraction of sp³-hybridized carbons (Fsp3) is 0.833. The number of nitrogens with zero attached hydrogens (tertiary/aromatic N) is 1. The van der Waals surface area contributed by atoms with Crippen LogP contribution in [0, 0.1) is 0 Å². The molecular weight excluding hydrogens is 238 g/mol. The summed E-state index contributed by atoms with van der Waals surface area (Å²) < 4.78 is 15.3. The lowest BCUT2D eigenvalue weighted by atomic mass is 9.94. The predicted octanol–water partition coefficient (Wildman–Crippen LogP) is 1.92. The van der Waals surface area contributed by atoms with Gasteiger partial charge in [0, 0.05) is 6.54 Å². The average Bonchev–Trinajstić information content (AvgIpc) is 2.57. The van der Waals surface area contributed by atoms with E-state index >= 15 is 0 Å². The molecular formula is C12H19NO5. The number of rotatable bonds is 0. The van der Waals surface area contributed by atoms with Crippen LogP contribution < -0.4 is 0 Å². The zero-order valence-corrected chi connectivity index (χ0v) is 11.0. The van der Waals surface area contributed by atoms with Crippen molar-refractivity contribution in [2.45, 2.75) is 44.8 Å². The molecule has 0 aromatic carbocycles. The number of carbonyl (C=O) groups is 2. The van der Waals surface area contributed by atoms with Gasteiger partial charge in [-0.05, 0) is 33.6 Å². The molecule has 0 N–H and O–H groups in total. The SMILES string of the molecule is CC(C)(C)OC(=O)N1CCCC2(COC(=O)O2)C1. The predicted molar refractivity (Wildman–Crippen MR) is 62.2 cm³/mol.